The minimum absolute atomic E-state index is 0.0757. The summed E-state index contributed by atoms with van der Waals surface area (Å²) in [6.07, 6.45) is 2.93. The Morgan fingerprint density at radius 2 is 0.909 bits per heavy atom. The van der Waals surface area contributed by atoms with E-state index in [2.05, 4.69) is 5.09 Å². The lowest BCUT2D eigenvalue weighted by Gasteiger charge is -2.26. The zero-order valence-corrected chi connectivity index (χ0v) is 26.3. The van der Waals surface area contributed by atoms with E-state index in [0.29, 0.717) is 10.6 Å². The number of benzene rings is 5. The summed E-state index contributed by atoms with van der Waals surface area (Å²) in [4.78, 5) is -0.151. The van der Waals surface area contributed by atoms with Gasteiger partial charge in [-0.25, -0.2) is 21.9 Å². The molecule has 0 aliphatic rings. The highest BCUT2D eigenvalue weighted by Crippen LogP contribution is 2.42. The van der Waals surface area contributed by atoms with Crippen molar-refractivity contribution < 1.29 is 21.4 Å². The van der Waals surface area contributed by atoms with Crippen LogP contribution in [-0.2, 0) is 24.2 Å². The van der Waals surface area contributed by atoms with Crippen molar-refractivity contribution in [1.82, 2.24) is 5.09 Å². The molecule has 1 unspecified atom stereocenters. The molecule has 5 aromatic rings. The largest absolute Gasteiger partial charge is 0.296 e. The van der Waals surface area contributed by atoms with Gasteiger partial charge >= 0.3 is 0 Å². The highest BCUT2D eigenvalue weighted by atomic mass is 32.3. The molecular formula is C35H32NO5PS2. The van der Waals surface area contributed by atoms with Crippen molar-refractivity contribution in [3.63, 3.8) is 0 Å². The minimum Gasteiger partial charge on any atom is -0.296 e. The van der Waals surface area contributed by atoms with E-state index in [0.717, 1.165) is 5.56 Å². The van der Waals surface area contributed by atoms with E-state index in [4.69, 9.17) is 0 Å². The summed E-state index contributed by atoms with van der Waals surface area (Å²) in [6.45, 7) is 0. The highest BCUT2D eigenvalue weighted by molar-refractivity contribution is 8.09. The van der Waals surface area contributed by atoms with Crippen LogP contribution in [0, 0.1) is 0 Å². The molecule has 1 N–H and O–H groups in total. The van der Waals surface area contributed by atoms with Gasteiger partial charge in [-0.1, -0.05) is 115 Å². The molecule has 224 valence electrons. The standard InChI is InChI=1S/C35H32NO5PS2/c37-42(30-19-8-2-9-20-30,31-21-10-3-11-22-31)36-34(29-17-6-1-7-18-29)27-16-28-35(43(38,39)32-23-12-4-13-24-32)44(40,41)33-25-14-5-15-26-33/h1-27,34-35H,28H2,(H,36,37)/b27-16+. The summed E-state index contributed by atoms with van der Waals surface area (Å²) in [7, 11) is -12.0. The normalized spacial score (nSPS) is 13.2. The number of nitrogens with one attached hydrogen (secondary N) is 1. The van der Waals surface area contributed by atoms with Crippen LogP contribution in [0.4, 0.5) is 0 Å². The van der Waals surface area contributed by atoms with Crippen molar-refractivity contribution in [3.8, 4) is 0 Å². The molecule has 0 fully saturated rings. The van der Waals surface area contributed by atoms with Crippen LogP contribution in [0.3, 0.4) is 0 Å². The molecule has 9 heteroatoms. The zero-order chi connectivity index (χ0) is 31.0. The lowest BCUT2D eigenvalue weighted by Crippen LogP contribution is -2.31. The van der Waals surface area contributed by atoms with Gasteiger partial charge in [0, 0.05) is 10.6 Å². The lowest BCUT2D eigenvalue weighted by molar-refractivity contribution is 0.570. The maximum absolute atomic E-state index is 14.8. The lowest BCUT2D eigenvalue weighted by atomic mass is 10.1. The van der Waals surface area contributed by atoms with Crippen LogP contribution in [0.1, 0.15) is 18.0 Å². The molecule has 0 aromatic heterocycles. The van der Waals surface area contributed by atoms with E-state index in [9.17, 15) is 21.4 Å². The molecule has 6 nitrogen and oxygen atoms in total. The topological polar surface area (TPSA) is 97.4 Å². The third-order valence-electron chi connectivity index (χ3n) is 7.21. The Labute approximate surface area is 259 Å². The Balaban J connectivity index is 1.56. The first-order valence-corrected chi connectivity index (χ1v) is 18.8. The number of hydrogen-bond acceptors (Lipinski definition) is 5. The first kappa shape index (κ1) is 31.4. The summed E-state index contributed by atoms with van der Waals surface area (Å²) in [5, 5.41) is 4.58. The molecule has 0 radical (unpaired) electrons. The summed E-state index contributed by atoms with van der Waals surface area (Å²) >= 11 is 0. The molecule has 0 heterocycles. The van der Waals surface area contributed by atoms with Crippen LogP contribution in [-0.4, -0.2) is 21.4 Å². The number of allylic oxidation sites excluding steroid dienone is 1. The second kappa shape index (κ2) is 13.7. The van der Waals surface area contributed by atoms with Crippen LogP contribution in [0.2, 0.25) is 0 Å². The summed E-state index contributed by atoms with van der Waals surface area (Å²) < 4.78 is 68.4. The first-order valence-electron chi connectivity index (χ1n) is 14.0. The maximum Gasteiger partial charge on any atom is 0.205 e. The van der Waals surface area contributed by atoms with Crippen molar-refractivity contribution in [1.29, 1.82) is 0 Å². The Morgan fingerprint density at radius 1 is 0.545 bits per heavy atom. The average Bonchev–Trinajstić information content (AvgIpc) is 3.08. The molecule has 0 saturated heterocycles. The van der Waals surface area contributed by atoms with Crippen LogP contribution in [0.25, 0.3) is 0 Å². The van der Waals surface area contributed by atoms with Gasteiger partial charge < -0.3 is 0 Å². The highest BCUT2D eigenvalue weighted by Gasteiger charge is 2.39. The van der Waals surface area contributed by atoms with Crippen molar-refractivity contribution in [3.05, 3.63) is 169 Å². The Morgan fingerprint density at radius 3 is 1.32 bits per heavy atom. The van der Waals surface area contributed by atoms with Gasteiger partial charge in [0.05, 0.1) is 15.8 Å². The molecule has 0 spiro atoms. The molecule has 0 aliphatic heterocycles. The van der Waals surface area contributed by atoms with Crippen molar-refractivity contribution in [2.75, 3.05) is 0 Å². The van der Waals surface area contributed by atoms with Gasteiger partial charge in [0.15, 0.2) is 24.3 Å². The minimum atomic E-state index is -4.30. The average molecular weight is 642 g/mol. The van der Waals surface area contributed by atoms with Crippen molar-refractivity contribution in [2.45, 2.75) is 26.8 Å². The van der Waals surface area contributed by atoms with Gasteiger partial charge in [0.1, 0.15) is 0 Å². The second-order valence-electron chi connectivity index (χ2n) is 10.1. The molecule has 0 saturated carbocycles. The van der Waals surface area contributed by atoms with Crippen molar-refractivity contribution in [2.24, 2.45) is 0 Å². The number of rotatable bonds is 12. The van der Waals surface area contributed by atoms with E-state index in [1.54, 1.807) is 72.8 Å². The van der Waals surface area contributed by atoms with Gasteiger partial charge in [0.2, 0.25) is 7.29 Å². The quantitative estimate of drug-likeness (QED) is 0.124. The van der Waals surface area contributed by atoms with E-state index in [-0.39, 0.29) is 16.2 Å². The zero-order valence-electron chi connectivity index (χ0n) is 23.8. The van der Waals surface area contributed by atoms with Gasteiger partial charge in [-0.2, -0.15) is 0 Å². The second-order valence-corrected chi connectivity index (χ2v) is 17.2. The van der Waals surface area contributed by atoms with Crippen molar-refractivity contribution >= 4 is 37.6 Å². The van der Waals surface area contributed by atoms with Crippen LogP contribution in [0.15, 0.2) is 174 Å². The van der Waals surface area contributed by atoms with Gasteiger partial charge in [0.25, 0.3) is 0 Å². The molecule has 1 atom stereocenters. The third kappa shape index (κ3) is 6.85. The molecule has 0 amide bonds. The molecule has 5 aromatic carbocycles. The molecule has 5 rings (SSSR count). The fourth-order valence-electron chi connectivity index (χ4n) is 4.93. The summed E-state index contributed by atoms with van der Waals surface area (Å²) in [5.74, 6) is 0. The summed E-state index contributed by atoms with van der Waals surface area (Å²) in [5.41, 5.74) is 0.782. The van der Waals surface area contributed by atoms with Gasteiger partial charge in [-0.05, 0) is 60.5 Å². The Bertz CT molecular complexity index is 1840. The Hall–Kier alpha value is -4.07. The van der Waals surface area contributed by atoms with E-state index < -0.39 is 37.6 Å². The first-order chi connectivity index (χ1) is 21.2. The number of sulfone groups is 2. The molecule has 44 heavy (non-hydrogen) atoms. The monoisotopic (exact) mass is 641 g/mol. The molecule has 0 bridgehead atoms. The maximum atomic E-state index is 14.8. The predicted molar refractivity (Wildman–Crippen MR) is 177 cm³/mol. The fraction of sp³-hybridized carbons (Fsp3) is 0.0857. The third-order valence-corrected chi connectivity index (χ3v) is 15.1. The fourth-order valence-corrected chi connectivity index (χ4v) is 11.7. The smallest absolute Gasteiger partial charge is 0.205 e. The van der Waals surface area contributed by atoms with E-state index in [1.165, 1.54) is 24.3 Å². The predicted octanol–water partition coefficient (Wildman–Crippen LogP) is 6.47. The number of hydrogen-bond donors (Lipinski definition) is 1. The Kier molecular flexibility index (Phi) is 9.77. The SMILES string of the molecule is O=P(NC(/C=C/CC(S(=O)(=O)c1ccccc1)S(=O)(=O)c1ccccc1)c1ccccc1)(c1ccccc1)c1ccccc1. The van der Waals surface area contributed by atoms with E-state index in [1.807, 2.05) is 66.7 Å². The molecular weight excluding hydrogens is 609 g/mol. The van der Waals surface area contributed by atoms with E-state index >= 15 is 0 Å². The molecule has 0 aliphatic carbocycles. The van der Waals surface area contributed by atoms with Crippen LogP contribution < -0.4 is 15.7 Å². The van der Waals surface area contributed by atoms with Crippen LogP contribution in [0.5, 0.6) is 0 Å². The van der Waals surface area contributed by atoms with Crippen LogP contribution >= 0.6 is 7.29 Å². The van der Waals surface area contributed by atoms with Gasteiger partial charge in [-0.15, -0.1) is 0 Å². The summed E-state index contributed by atoms with van der Waals surface area (Å²) in [6, 6.07) is 42.1. The van der Waals surface area contributed by atoms with Gasteiger partial charge in [-0.3, -0.25) is 4.57 Å².